The van der Waals surface area contributed by atoms with Gasteiger partial charge in [0.2, 0.25) is 5.91 Å². The van der Waals surface area contributed by atoms with E-state index in [4.69, 9.17) is 4.74 Å². The second kappa shape index (κ2) is 9.24. The number of amides is 2. The Morgan fingerprint density at radius 2 is 1.89 bits per heavy atom. The molecule has 1 unspecified atom stereocenters. The average Bonchev–Trinajstić information content (AvgIpc) is 2.77. The molecule has 1 heterocycles. The van der Waals surface area contributed by atoms with Crippen LogP contribution in [-0.2, 0) is 25.3 Å². The standard InChI is InChI=1S/C22H21F3N4O6/c1-12(26-15-9-8-13(22(23,24)25)10-17(15)29(33)34)19(31)35-11-18(30)28-16-7-5-4-6-14(16)27-20(32)21(28,2)3/h4-10,12,26H,11H2,1-3H3,(H,27,32). The van der Waals surface area contributed by atoms with Crippen LogP contribution in [0.1, 0.15) is 26.3 Å². The molecule has 0 fully saturated rings. The van der Waals surface area contributed by atoms with Gasteiger partial charge in [0.25, 0.3) is 11.6 Å². The molecule has 2 aromatic rings. The lowest BCUT2D eigenvalue weighted by atomic mass is 9.96. The van der Waals surface area contributed by atoms with Crippen molar-refractivity contribution in [2.45, 2.75) is 38.5 Å². The molecule has 0 radical (unpaired) electrons. The fourth-order valence-corrected chi connectivity index (χ4v) is 3.49. The van der Waals surface area contributed by atoms with Gasteiger partial charge >= 0.3 is 12.1 Å². The van der Waals surface area contributed by atoms with Crippen LogP contribution in [0, 0.1) is 10.1 Å². The zero-order valence-corrected chi connectivity index (χ0v) is 18.8. The Balaban J connectivity index is 1.72. The highest BCUT2D eigenvalue weighted by atomic mass is 19.4. The van der Waals surface area contributed by atoms with Gasteiger partial charge in [-0.3, -0.25) is 24.6 Å². The number of alkyl halides is 3. The van der Waals surface area contributed by atoms with E-state index in [-0.39, 0.29) is 5.69 Å². The summed E-state index contributed by atoms with van der Waals surface area (Å²) in [6.45, 7) is 3.56. The number of halogens is 3. The van der Waals surface area contributed by atoms with E-state index in [9.17, 15) is 37.7 Å². The summed E-state index contributed by atoms with van der Waals surface area (Å²) in [5.74, 6) is -2.13. The molecule has 186 valence electrons. The normalized spacial score (nSPS) is 15.5. The van der Waals surface area contributed by atoms with Crippen molar-refractivity contribution in [3.8, 4) is 0 Å². The summed E-state index contributed by atoms with van der Waals surface area (Å²) in [5.41, 5.74) is -2.91. The highest BCUT2D eigenvalue weighted by Gasteiger charge is 2.43. The molecule has 0 aliphatic carbocycles. The third-order valence-corrected chi connectivity index (χ3v) is 5.34. The van der Waals surface area contributed by atoms with Gasteiger partial charge in [-0.05, 0) is 45.0 Å². The van der Waals surface area contributed by atoms with E-state index in [0.717, 1.165) is 6.07 Å². The number of benzene rings is 2. The van der Waals surface area contributed by atoms with Crippen LogP contribution in [0.4, 0.5) is 35.9 Å². The predicted octanol–water partition coefficient (Wildman–Crippen LogP) is 3.72. The van der Waals surface area contributed by atoms with Gasteiger partial charge in [0.05, 0.1) is 21.9 Å². The second-order valence-electron chi connectivity index (χ2n) is 8.22. The number of esters is 1. The molecule has 0 spiro atoms. The minimum Gasteiger partial charge on any atom is -0.454 e. The minimum atomic E-state index is -4.79. The van der Waals surface area contributed by atoms with Crippen molar-refractivity contribution < 1.29 is 37.2 Å². The van der Waals surface area contributed by atoms with E-state index in [1.165, 1.54) is 25.7 Å². The fraction of sp³-hybridized carbons (Fsp3) is 0.318. The maximum Gasteiger partial charge on any atom is 0.416 e. The summed E-state index contributed by atoms with van der Waals surface area (Å²) < 4.78 is 43.7. The van der Waals surface area contributed by atoms with Gasteiger partial charge in [-0.25, -0.2) is 4.79 Å². The number of carbonyl (C=O) groups excluding carboxylic acids is 3. The second-order valence-corrected chi connectivity index (χ2v) is 8.22. The summed E-state index contributed by atoms with van der Waals surface area (Å²) in [5, 5.41) is 16.4. The van der Waals surface area contributed by atoms with Gasteiger partial charge in [0.15, 0.2) is 6.61 Å². The number of fused-ring (bicyclic) bond motifs is 1. The molecule has 3 rings (SSSR count). The smallest absolute Gasteiger partial charge is 0.416 e. The van der Waals surface area contributed by atoms with Crippen molar-refractivity contribution in [3.05, 3.63) is 58.1 Å². The minimum absolute atomic E-state index is 0.332. The number of rotatable bonds is 6. The van der Waals surface area contributed by atoms with Gasteiger partial charge in [-0.2, -0.15) is 13.2 Å². The Hall–Kier alpha value is -4.16. The summed E-state index contributed by atoms with van der Waals surface area (Å²) in [6.07, 6.45) is -4.79. The number of anilines is 3. The summed E-state index contributed by atoms with van der Waals surface area (Å²) in [7, 11) is 0. The molecule has 2 N–H and O–H groups in total. The molecule has 0 saturated heterocycles. The summed E-state index contributed by atoms with van der Waals surface area (Å²) in [6, 6.07) is 7.14. The van der Waals surface area contributed by atoms with Crippen LogP contribution >= 0.6 is 0 Å². The molecule has 0 bridgehead atoms. The lowest BCUT2D eigenvalue weighted by Gasteiger charge is -2.41. The van der Waals surface area contributed by atoms with Crippen molar-refractivity contribution in [3.63, 3.8) is 0 Å². The zero-order valence-electron chi connectivity index (χ0n) is 18.8. The number of para-hydroxylation sites is 2. The van der Waals surface area contributed by atoms with Gasteiger partial charge < -0.3 is 15.4 Å². The first-order chi connectivity index (χ1) is 16.2. The van der Waals surface area contributed by atoms with E-state index in [1.807, 2.05) is 0 Å². The number of nitro groups is 1. The lowest BCUT2D eigenvalue weighted by Crippen LogP contribution is -2.59. The van der Waals surface area contributed by atoms with Gasteiger partial charge in [0, 0.05) is 6.07 Å². The summed E-state index contributed by atoms with van der Waals surface area (Å²) in [4.78, 5) is 49.2. The topological polar surface area (TPSA) is 131 Å². The van der Waals surface area contributed by atoms with Gasteiger partial charge in [-0.1, -0.05) is 12.1 Å². The van der Waals surface area contributed by atoms with Crippen LogP contribution in [0.5, 0.6) is 0 Å². The van der Waals surface area contributed by atoms with Crippen molar-refractivity contribution >= 4 is 40.5 Å². The largest absolute Gasteiger partial charge is 0.454 e. The number of hydrogen-bond donors (Lipinski definition) is 2. The number of nitrogens with one attached hydrogen (secondary N) is 2. The van der Waals surface area contributed by atoms with E-state index in [2.05, 4.69) is 10.6 Å². The van der Waals surface area contributed by atoms with E-state index >= 15 is 0 Å². The molecule has 13 heteroatoms. The molecule has 0 aromatic heterocycles. The Labute approximate surface area is 197 Å². The Morgan fingerprint density at radius 3 is 2.51 bits per heavy atom. The first kappa shape index (κ1) is 25.5. The van der Waals surface area contributed by atoms with Crippen LogP contribution in [0.15, 0.2) is 42.5 Å². The Morgan fingerprint density at radius 1 is 1.23 bits per heavy atom. The van der Waals surface area contributed by atoms with Crippen LogP contribution < -0.4 is 15.5 Å². The van der Waals surface area contributed by atoms with Gasteiger partial charge in [0.1, 0.15) is 17.3 Å². The van der Waals surface area contributed by atoms with E-state index in [0.29, 0.717) is 23.5 Å². The Kier molecular flexibility index (Phi) is 6.72. The molecule has 1 atom stereocenters. The molecule has 2 amide bonds. The summed E-state index contributed by atoms with van der Waals surface area (Å²) >= 11 is 0. The maximum absolute atomic E-state index is 12.9. The van der Waals surface area contributed by atoms with E-state index in [1.54, 1.807) is 24.3 Å². The fourth-order valence-electron chi connectivity index (χ4n) is 3.49. The highest BCUT2D eigenvalue weighted by Crippen LogP contribution is 2.37. The molecule has 35 heavy (non-hydrogen) atoms. The lowest BCUT2D eigenvalue weighted by molar-refractivity contribution is -0.384. The number of hydrogen-bond acceptors (Lipinski definition) is 7. The quantitative estimate of drug-likeness (QED) is 0.356. The number of carbonyl (C=O) groups is 3. The van der Waals surface area contributed by atoms with Crippen LogP contribution in [0.25, 0.3) is 0 Å². The molecule has 2 aromatic carbocycles. The number of nitrogens with zero attached hydrogens (tertiary/aromatic N) is 2. The van der Waals surface area contributed by atoms with Crippen molar-refractivity contribution in [2.24, 2.45) is 0 Å². The zero-order chi connectivity index (χ0) is 26.1. The molecular weight excluding hydrogens is 473 g/mol. The molecule has 0 saturated carbocycles. The first-order valence-electron chi connectivity index (χ1n) is 10.3. The van der Waals surface area contributed by atoms with Crippen LogP contribution in [-0.4, -0.2) is 40.9 Å². The average molecular weight is 494 g/mol. The van der Waals surface area contributed by atoms with Crippen LogP contribution in [0.3, 0.4) is 0 Å². The highest BCUT2D eigenvalue weighted by molar-refractivity contribution is 6.14. The molecular formula is C22H21F3N4O6. The predicted molar refractivity (Wildman–Crippen MR) is 119 cm³/mol. The maximum atomic E-state index is 12.9. The number of ether oxygens (including phenoxy) is 1. The molecule has 1 aliphatic heterocycles. The number of nitro benzene ring substituents is 1. The van der Waals surface area contributed by atoms with Crippen molar-refractivity contribution in [2.75, 3.05) is 22.1 Å². The monoisotopic (exact) mass is 494 g/mol. The SMILES string of the molecule is CC(Nc1ccc(C(F)(F)F)cc1[N+](=O)[O-])C(=O)OCC(=O)N1c2ccccc2NC(=O)C1(C)C. The van der Waals surface area contributed by atoms with E-state index < -0.39 is 58.3 Å². The third-order valence-electron chi connectivity index (χ3n) is 5.34. The first-order valence-corrected chi connectivity index (χ1v) is 10.3. The van der Waals surface area contributed by atoms with Crippen LogP contribution in [0.2, 0.25) is 0 Å². The Bertz CT molecular complexity index is 1200. The van der Waals surface area contributed by atoms with Gasteiger partial charge in [-0.15, -0.1) is 0 Å². The van der Waals surface area contributed by atoms with Crippen molar-refractivity contribution in [1.29, 1.82) is 0 Å². The third kappa shape index (κ3) is 5.18. The van der Waals surface area contributed by atoms with Crippen molar-refractivity contribution in [1.82, 2.24) is 0 Å². The molecule has 10 nitrogen and oxygen atoms in total. The molecule has 1 aliphatic rings.